The number of fused-ring (bicyclic) bond motifs is 1. The third-order valence-corrected chi connectivity index (χ3v) is 6.58. The van der Waals surface area contributed by atoms with Gasteiger partial charge in [-0.1, -0.05) is 36.4 Å². The Bertz CT molecular complexity index is 1440. The second kappa shape index (κ2) is 8.25. The van der Waals surface area contributed by atoms with Gasteiger partial charge in [0.15, 0.2) is 5.69 Å². The number of aromatic amines is 1. The summed E-state index contributed by atoms with van der Waals surface area (Å²) in [6.45, 7) is 0. The third kappa shape index (κ3) is 4.03. The van der Waals surface area contributed by atoms with E-state index in [-0.39, 0.29) is 11.3 Å². The Morgan fingerprint density at radius 3 is 2.71 bits per heavy atom. The fourth-order valence-corrected chi connectivity index (χ4v) is 4.86. The summed E-state index contributed by atoms with van der Waals surface area (Å²) in [5, 5.41) is 12.6. The second-order valence-corrected chi connectivity index (χ2v) is 8.58. The number of carbonyl (C=O) groups is 1. The highest BCUT2D eigenvalue weighted by Gasteiger charge is 2.15. The van der Waals surface area contributed by atoms with E-state index in [4.69, 9.17) is 4.74 Å². The van der Waals surface area contributed by atoms with E-state index in [1.165, 1.54) is 11.3 Å². The highest BCUT2D eigenvalue weighted by atomic mass is 32.1. The van der Waals surface area contributed by atoms with E-state index in [1.54, 1.807) is 34.9 Å². The van der Waals surface area contributed by atoms with Crippen LogP contribution in [0.3, 0.4) is 0 Å². The summed E-state index contributed by atoms with van der Waals surface area (Å²) in [6.07, 6.45) is 0.488. The highest BCUT2D eigenvalue weighted by molar-refractivity contribution is 7.20. The predicted octanol–water partition coefficient (Wildman–Crippen LogP) is 4.92. The lowest BCUT2D eigenvalue weighted by molar-refractivity contribution is 0.0729. The number of H-pyrrole nitrogens is 1. The summed E-state index contributed by atoms with van der Waals surface area (Å²) in [6, 6.07) is 18.5. The molecule has 0 aliphatic carbocycles. The molecule has 5 rings (SSSR count). The largest absolute Gasteiger partial charge is 0.422 e. The lowest BCUT2D eigenvalue weighted by atomic mass is 10.0. The molecular weight excluding hydrogens is 430 g/mol. The standard InChI is InChI=1S/C23H15N3O3S2/c27-21-17-8-2-1-7-16(17)18(25-26-21)12-14-5-3-6-15(11-14)29-23(28)19-13-31-22(24-19)20-9-4-10-30-20/h1-11,13H,12H2,(H,26,27). The van der Waals surface area contributed by atoms with E-state index in [2.05, 4.69) is 15.2 Å². The summed E-state index contributed by atoms with van der Waals surface area (Å²) in [5.41, 5.74) is 1.73. The second-order valence-electron chi connectivity index (χ2n) is 6.77. The fourth-order valence-electron chi connectivity index (χ4n) is 3.26. The monoisotopic (exact) mass is 445 g/mol. The molecule has 6 nitrogen and oxygen atoms in total. The Kier molecular flexibility index (Phi) is 5.15. The average Bonchev–Trinajstić information content (AvgIpc) is 3.48. The first-order valence-electron chi connectivity index (χ1n) is 9.44. The molecule has 0 atom stereocenters. The van der Waals surface area contributed by atoms with Crippen LogP contribution >= 0.6 is 22.7 Å². The summed E-state index contributed by atoms with van der Waals surface area (Å²) in [5.74, 6) is -0.0641. The molecule has 1 N–H and O–H groups in total. The first-order valence-corrected chi connectivity index (χ1v) is 11.2. The first kappa shape index (κ1) is 19.3. The Labute approximate surface area is 184 Å². The molecule has 0 fully saturated rings. The van der Waals surface area contributed by atoms with Crippen LogP contribution in [0.25, 0.3) is 20.7 Å². The predicted molar refractivity (Wildman–Crippen MR) is 122 cm³/mol. The van der Waals surface area contributed by atoms with Gasteiger partial charge in [0.1, 0.15) is 10.8 Å². The van der Waals surface area contributed by atoms with Gasteiger partial charge in [-0.05, 0) is 35.2 Å². The molecule has 3 aromatic heterocycles. The Hall–Kier alpha value is -3.62. The van der Waals surface area contributed by atoms with Crippen LogP contribution in [0.4, 0.5) is 0 Å². The lowest BCUT2D eigenvalue weighted by Crippen LogP contribution is -2.11. The van der Waals surface area contributed by atoms with Crippen molar-refractivity contribution < 1.29 is 9.53 Å². The molecule has 0 radical (unpaired) electrons. The first-order chi connectivity index (χ1) is 15.2. The molecule has 31 heavy (non-hydrogen) atoms. The summed E-state index contributed by atoms with van der Waals surface area (Å²) >= 11 is 2.99. The number of hydrogen-bond acceptors (Lipinski definition) is 7. The lowest BCUT2D eigenvalue weighted by Gasteiger charge is -2.07. The SMILES string of the molecule is O=C(Oc1cccc(Cc2n[nH]c(=O)c3ccccc23)c1)c1csc(-c2cccs2)n1. The molecule has 0 aliphatic heterocycles. The minimum absolute atomic E-state index is 0.216. The molecule has 0 aliphatic rings. The van der Waals surface area contributed by atoms with Crippen molar-refractivity contribution in [3.8, 4) is 15.6 Å². The van der Waals surface area contributed by atoms with Crippen molar-refractivity contribution in [3.05, 3.63) is 98.7 Å². The van der Waals surface area contributed by atoms with Gasteiger partial charge in [0.05, 0.1) is 16.0 Å². The van der Waals surface area contributed by atoms with Crippen LogP contribution in [0.1, 0.15) is 21.7 Å². The molecule has 0 spiro atoms. The Balaban J connectivity index is 1.36. The van der Waals surface area contributed by atoms with Crippen molar-refractivity contribution in [2.45, 2.75) is 6.42 Å². The number of esters is 1. The number of aromatic nitrogens is 3. The minimum Gasteiger partial charge on any atom is -0.422 e. The van der Waals surface area contributed by atoms with E-state index in [1.807, 2.05) is 47.8 Å². The quantitative estimate of drug-likeness (QED) is 0.307. The summed E-state index contributed by atoms with van der Waals surface area (Å²) < 4.78 is 5.55. The van der Waals surface area contributed by atoms with Crippen LogP contribution < -0.4 is 10.3 Å². The molecule has 8 heteroatoms. The highest BCUT2D eigenvalue weighted by Crippen LogP contribution is 2.28. The number of nitrogens with one attached hydrogen (secondary N) is 1. The zero-order valence-corrected chi connectivity index (χ0v) is 17.7. The number of benzene rings is 2. The number of carbonyl (C=O) groups excluding carboxylic acids is 1. The van der Waals surface area contributed by atoms with Crippen LogP contribution in [-0.4, -0.2) is 21.2 Å². The summed E-state index contributed by atoms with van der Waals surface area (Å²) in [7, 11) is 0. The van der Waals surface area contributed by atoms with Crippen molar-refractivity contribution in [3.63, 3.8) is 0 Å². The van der Waals surface area contributed by atoms with E-state index in [0.717, 1.165) is 26.5 Å². The van der Waals surface area contributed by atoms with Gasteiger partial charge in [-0.2, -0.15) is 5.10 Å². The van der Waals surface area contributed by atoms with E-state index in [9.17, 15) is 9.59 Å². The molecule has 0 amide bonds. The van der Waals surface area contributed by atoms with Gasteiger partial charge in [0.2, 0.25) is 0 Å². The maximum Gasteiger partial charge on any atom is 0.363 e. The van der Waals surface area contributed by atoms with Gasteiger partial charge in [0.25, 0.3) is 5.56 Å². The van der Waals surface area contributed by atoms with E-state index in [0.29, 0.717) is 17.6 Å². The third-order valence-electron chi connectivity index (χ3n) is 4.70. The van der Waals surface area contributed by atoms with Crippen molar-refractivity contribution in [2.75, 3.05) is 0 Å². The number of ether oxygens (including phenoxy) is 1. The van der Waals surface area contributed by atoms with Gasteiger partial charge < -0.3 is 4.74 Å². The van der Waals surface area contributed by atoms with E-state index < -0.39 is 5.97 Å². The Morgan fingerprint density at radius 2 is 1.87 bits per heavy atom. The maximum atomic E-state index is 12.6. The van der Waals surface area contributed by atoms with Gasteiger partial charge in [-0.15, -0.1) is 22.7 Å². The van der Waals surface area contributed by atoms with Crippen LogP contribution in [0.2, 0.25) is 0 Å². The molecule has 0 bridgehead atoms. The Morgan fingerprint density at radius 1 is 1.00 bits per heavy atom. The number of thiophene rings is 1. The number of rotatable bonds is 5. The molecule has 152 valence electrons. The summed E-state index contributed by atoms with van der Waals surface area (Å²) in [4.78, 5) is 30.0. The van der Waals surface area contributed by atoms with Gasteiger partial charge >= 0.3 is 5.97 Å². The van der Waals surface area contributed by atoms with Crippen molar-refractivity contribution in [2.24, 2.45) is 0 Å². The van der Waals surface area contributed by atoms with Gasteiger partial charge in [0, 0.05) is 17.2 Å². The molecule has 5 aromatic rings. The molecule has 3 heterocycles. The fraction of sp³-hybridized carbons (Fsp3) is 0.0435. The van der Waals surface area contributed by atoms with Crippen LogP contribution in [0, 0.1) is 0 Å². The average molecular weight is 446 g/mol. The minimum atomic E-state index is -0.496. The van der Waals surface area contributed by atoms with Crippen LogP contribution in [0.5, 0.6) is 5.75 Å². The van der Waals surface area contributed by atoms with Crippen LogP contribution in [0.15, 0.2) is 76.2 Å². The zero-order chi connectivity index (χ0) is 21.2. The molecule has 0 unspecified atom stereocenters. The number of nitrogens with zero attached hydrogens (tertiary/aromatic N) is 2. The van der Waals surface area contributed by atoms with Crippen molar-refractivity contribution >= 4 is 39.4 Å². The van der Waals surface area contributed by atoms with Gasteiger partial charge in [-0.25, -0.2) is 14.9 Å². The van der Waals surface area contributed by atoms with Crippen molar-refractivity contribution in [1.29, 1.82) is 0 Å². The number of thiazole rings is 1. The van der Waals surface area contributed by atoms with Gasteiger partial charge in [-0.3, -0.25) is 4.79 Å². The molecule has 0 saturated heterocycles. The zero-order valence-electron chi connectivity index (χ0n) is 16.1. The smallest absolute Gasteiger partial charge is 0.363 e. The molecular formula is C23H15N3O3S2. The maximum absolute atomic E-state index is 12.6. The number of hydrogen-bond donors (Lipinski definition) is 1. The molecule has 0 saturated carbocycles. The normalized spacial score (nSPS) is 11.0. The van der Waals surface area contributed by atoms with Crippen molar-refractivity contribution in [1.82, 2.24) is 15.2 Å². The molecule has 2 aromatic carbocycles. The van der Waals surface area contributed by atoms with E-state index >= 15 is 0 Å². The topological polar surface area (TPSA) is 84.9 Å². The van der Waals surface area contributed by atoms with Crippen LogP contribution in [-0.2, 0) is 6.42 Å².